The summed E-state index contributed by atoms with van der Waals surface area (Å²) < 4.78 is 14.9. The highest BCUT2D eigenvalue weighted by atomic mass is 19.1. The Morgan fingerprint density at radius 1 is 0.744 bits per heavy atom. The van der Waals surface area contributed by atoms with Gasteiger partial charge in [-0.2, -0.15) is 0 Å². The Bertz CT molecular complexity index is 1300. The Morgan fingerprint density at radius 2 is 1.26 bits per heavy atom. The molecule has 1 atom stereocenters. The number of amides is 2. The molecule has 200 valence electrons. The first kappa shape index (κ1) is 27.8. The summed E-state index contributed by atoms with van der Waals surface area (Å²) in [5.74, 6) is -1.08. The molecule has 4 rings (SSSR count). The average molecular weight is 523 g/mol. The molecule has 4 aromatic carbocycles. The second-order valence-electron chi connectivity index (χ2n) is 10.1. The van der Waals surface area contributed by atoms with Crippen molar-refractivity contribution in [2.24, 2.45) is 0 Å². The predicted octanol–water partition coefficient (Wildman–Crippen LogP) is 6.51. The van der Waals surface area contributed by atoms with Crippen LogP contribution in [0.2, 0.25) is 0 Å². The quantitative estimate of drug-likeness (QED) is 0.244. The summed E-state index contributed by atoms with van der Waals surface area (Å²) in [5.41, 5.74) is 3.32. The molecule has 0 fully saturated rings. The number of rotatable bonds is 11. The number of halogens is 1. The van der Waals surface area contributed by atoms with Gasteiger partial charge in [0.2, 0.25) is 11.8 Å². The molecule has 0 aliphatic heterocycles. The lowest BCUT2D eigenvalue weighted by Gasteiger charge is -2.33. The van der Waals surface area contributed by atoms with E-state index in [1.54, 1.807) is 23.1 Å². The van der Waals surface area contributed by atoms with Crippen LogP contribution in [0.3, 0.4) is 0 Å². The van der Waals surface area contributed by atoms with Crippen LogP contribution in [0.25, 0.3) is 0 Å². The van der Waals surface area contributed by atoms with E-state index in [0.29, 0.717) is 12.0 Å². The lowest BCUT2D eigenvalue weighted by Crippen LogP contribution is -2.52. The van der Waals surface area contributed by atoms with Crippen LogP contribution in [0.4, 0.5) is 4.39 Å². The monoisotopic (exact) mass is 522 g/mol. The Labute approximate surface area is 230 Å². The smallest absolute Gasteiger partial charge is 0.243 e. The van der Waals surface area contributed by atoms with E-state index >= 15 is 0 Å². The van der Waals surface area contributed by atoms with E-state index in [2.05, 4.69) is 5.32 Å². The highest BCUT2D eigenvalue weighted by Crippen LogP contribution is 2.30. The van der Waals surface area contributed by atoms with Gasteiger partial charge in [0.1, 0.15) is 11.9 Å². The fourth-order valence-corrected chi connectivity index (χ4v) is 4.84. The van der Waals surface area contributed by atoms with Gasteiger partial charge in [0.05, 0.1) is 0 Å². The molecule has 2 amide bonds. The zero-order valence-corrected chi connectivity index (χ0v) is 22.5. The number of carbonyl (C=O) groups excluding carboxylic acids is 2. The van der Waals surface area contributed by atoms with Crippen molar-refractivity contribution in [2.75, 3.05) is 0 Å². The molecular weight excluding hydrogens is 487 g/mol. The van der Waals surface area contributed by atoms with Crippen LogP contribution in [-0.2, 0) is 22.6 Å². The molecule has 0 saturated carbocycles. The van der Waals surface area contributed by atoms with E-state index in [0.717, 1.165) is 16.7 Å². The molecule has 0 bridgehead atoms. The average Bonchev–Trinajstić information content (AvgIpc) is 2.95. The van der Waals surface area contributed by atoms with Crippen LogP contribution >= 0.6 is 0 Å². The van der Waals surface area contributed by atoms with Gasteiger partial charge in [-0.25, -0.2) is 4.39 Å². The molecule has 0 spiro atoms. The summed E-state index contributed by atoms with van der Waals surface area (Å²) in [6.07, 6.45) is 0.462. The zero-order chi connectivity index (χ0) is 27.6. The third kappa shape index (κ3) is 7.64. The maximum atomic E-state index is 14.9. The Hall–Kier alpha value is -4.25. The van der Waals surface area contributed by atoms with E-state index in [1.165, 1.54) is 6.07 Å². The largest absolute Gasteiger partial charge is 0.352 e. The molecule has 0 heterocycles. The number of carbonyl (C=O) groups is 2. The number of hydrogen-bond donors (Lipinski definition) is 1. The molecule has 4 aromatic rings. The zero-order valence-electron chi connectivity index (χ0n) is 22.5. The summed E-state index contributed by atoms with van der Waals surface area (Å²) in [4.78, 5) is 29.4. The second kappa shape index (κ2) is 13.5. The highest BCUT2D eigenvalue weighted by molar-refractivity contribution is 5.88. The molecule has 0 radical (unpaired) electrons. The van der Waals surface area contributed by atoms with E-state index in [9.17, 15) is 14.0 Å². The van der Waals surface area contributed by atoms with Gasteiger partial charge in [0.15, 0.2) is 0 Å². The van der Waals surface area contributed by atoms with Gasteiger partial charge in [0.25, 0.3) is 0 Å². The van der Waals surface area contributed by atoms with E-state index < -0.39 is 11.9 Å². The van der Waals surface area contributed by atoms with Gasteiger partial charge in [-0.15, -0.1) is 0 Å². The molecular formula is C34H35FN2O2. The minimum Gasteiger partial charge on any atom is -0.352 e. The van der Waals surface area contributed by atoms with Gasteiger partial charge >= 0.3 is 0 Å². The minimum atomic E-state index is -0.811. The fourth-order valence-electron chi connectivity index (χ4n) is 4.84. The van der Waals surface area contributed by atoms with E-state index in [1.807, 2.05) is 105 Å². The van der Waals surface area contributed by atoms with Gasteiger partial charge in [-0.3, -0.25) is 9.59 Å². The van der Waals surface area contributed by atoms with Crippen LogP contribution in [0.1, 0.15) is 48.4 Å². The van der Waals surface area contributed by atoms with Crippen LogP contribution < -0.4 is 5.32 Å². The summed E-state index contributed by atoms with van der Waals surface area (Å²) in [7, 11) is 0. The third-order valence-corrected chi connectivity index (χ3v) is 6.78. The molecule has 0 unspecified atom stereocenters. The number of nitrogens with zero attached hydrogens (tertiary/aromatic N) is 1. The SMILES string of the molecule is CC(C)NC(=O)[C@@H](Cc1ccccc1)N(Cc1ccccc1F)C(=O)CC(c1ccccc1)c1ccccc1. The molecule has 0 aliphatic rings. The molecule has 5 heteroatoms. The number of hydrogen-bond acceptors (Lipinski definition) is 2. The third-order valence-electron chi connectivity index (χ3n) is 6.78. The van der Waals surface area contributed by atoms with E-state index in [-0.39, 0.29) is 36.7 Å². The van der Waals surface area contributed by atoms with Crippen molar-refractivity contribution in [3.63, 3.8) is 0 Å². The van der Waals surface area contributed by atoms with Gasteiger partial charge in [-0.05, 0) is 36.6 Å². The Morgan fingerprint density at radius 3 is 1.79 bits per heavy atom. The van der Waals surface area contributed by atoms with Gasteiger partial charge < -0.3 is 10.2 Å². The molecule has 0 aromatic heterocycles. The maximum Gasteiger partial charge on any atom is 0.243 e. The highest BCUT2D eigenvalue weighted by Gasteiger charge is 2.33. The molecule has 39 heavy (non-hydrogen) atoms. The lowest BCUT2D eigenvalue weighted by atomic mass is 9.87. The van der Waals surface area contributed by atoms with Crippen molar-refractivity contribution in [1.82, 2.24) is 10.2 Å². The molecule has 1 N–H and O–H groups in total. The first-order valence-corrected chi connectivity index (χ1v) is 13.4. The lowest BCUT2D eigenvalue weighted by molar-refractivity contribution is -0.141. The van der Waals surface area contributed by atoms with Gasteiger partial charge in [0, 0.05) is 36.9 Å². The minimum absolute atomic E-state index is 0.00911. The summed E-state index contributed by atoms with van der Waals surface area (Å²) in [5, 5.41) is 2.99. The summed E-state index contributed by atoms with van der Waals surface area (Å²) in [6.45, 7) is 3.77. The van der Waals surface area contributed by atoms with E-state index in [4.69, 9.17) is 0 Å². The second-order valence-corrected chi connectivity index (χ2v) is 10.1. The maximum absolute atomic E-state index is 14.9. The molecule has 0 saturated heterocycles. The van der Waals surface area contributed by atoms with Crippen molar-refractivity contribution in [2.45, 2.75) is 51.2 Å². The first-order chi connectivity index (χ1) is 18.9. The van der Waals surface area contributed by atoms with Crippen molar-refractivity contribution >= 4 is 11.8 Å². The Kier molecular flexibility index (Phi) is 9.63. The van der Waals surface area contributed by atoms with Crippen LogP contribution in [-0.4, -0.2) is 28.8 Å². The first-order valence-electron chi connectivity index (χ1n) is 13.4. The normalized spacial score (nSPS) is 11.8. The number of nitrogens with one attached hydrogen (secondary N) is 1. The summed E-state index contributed by atoms with van der Waals surface area (Å²) >= 11 is 0. The Balaban J connectivity index is 1.74. The van der Waals surface area contributed by atoms with Crippen LogP contribution in [0.15, 0.2) is 115 Å². The topological polar surface area (TPSA) is 49.4 Å². The van der Waals surface area contributed by atoms with Crippen LogP contribution in [0.5, 0.6) is 0 Å². The predicted molar refractivity (Wildman–Crippen MR) is 154 cm³/mol. The van der Waals surface area contributed by atoms with Crippen molar-refractivity contribution in [3.05, 3.63) is 143 Å². The molecule has 0 aliphatic carbocycles. The summed E-state index contributed by atoms with van der Waals surface area (Å²) in [6, 6.07) is 34.9. The van der Waals surface area contributed by atoms with Crippen LogP contribution in [0, 0.1) is 5.82 Å². The molecule has 4 nitrogen and oxygen atoms in total. The van der Waals surface area contributed by atoms with Crippen molar-refractivity contribution in [1.29, 1.82) is 0 Å². The van der Waals surface area contributed by atoms with Crippen molar-refractivity contribution < 1.29 is 14.0 Å². The fraction of sp³-hybridized carbons (Fsp3) is 0.235. The standard InChI is InChI=1S/C34H35FN2O2/c1-25(2)36-34(39)32(22-26-14-6-3-7-15-26)37(24-29-20-12-13-21-31(29)35)33(38)23-30(27-16-8-4-9-17-27)28-18-10-5-11-19-28/h3-21,25,30,32H,22-24H2,1-2H3,(H,36,39)/t32-/m1/s1. The van der Waals surface area contributed by atoms with Crippen molar-refractivity contribution in [3.8, 4) is 0 Å². The van der Waals surface area contributed by atoms with Gasteiger partial charge in [-0.1, -0.05) is 109 Å². The number of benzene rings is 4.